The van der Waals surface area contributed by atoms with E-state index in [1.807, 2.05) is 0 Å². The molecule has 2 rings (SSSR count). The summed E-state index contributed by atoms with van der Waals surface area (Å²) in [5, 5.41) is 2.92. The van der Waals surface area contributed by atoms with Crippen molar-refractivity contribution in [2.75, 3.05) is 13.1 Å². The maximum Gasteiger partial charge on any atom is 0.311 e. The summed E-state index contributed by atoms with van der Waals surface area (Å²) < 4.78 is 0. The first-order chi connectivity index (χ1) is 9.06. The number of carbonyl (C=O) groups excluding carboxylic acids is 2. The molecule has 108 valence electrons. The highest BCUT2D eigenvalue weighted by Gasteiger charge is 2.30. The number of rotatable bonds is 1. The van der Waals surface area contributed by atoms with Crippen molar-refractivity contribution in [2.24, 2.45) is 11.8 Å². The van der Waals surface area contributed by atoms with Gasteiger partial charge in [0.05, 0.1) is 0 Å². The van der Waals surface area contributed by atoms with Crippen LogP contribution in [0.5, 0.6) is 0 Å². The van der Waals surface area contributed by atoms with Crippen LogP contribution in [-0.4, -0.2) is 35.8 Å². The molecule has 0 aromatic carbocycles. The average molecular weight is 266 g/mol. The molecule has 1 heterocycles. The summed E-state index contributed by atoms with van der Waals surface area (Å²) in [6.45, 7) is 5.74. The van der Waals surface area contributed by atoms with Crippen molar-refractivity contribution in [3.63, 3.8) is 0 Å². The number of nitrogens with one attached hydrogen (secondary N) is 1. The second kappa shape index (κ2) is 6.40. The zero-order chi connectivity index (χ0) is 13.8. The Morgan fingerprint density at radius 1 is 1.00 bits per heavy atom. The molecule has 2 unspecified atom stereocenters. The van der Waals surface area contributed by atoms with Gasteiger partial charge in [-0.25, -0.2) is 0 Å². The molecule has 4 heteroatoms. The second-order valence-corrected chi connectivity index (χ2v) is 6.46. The fourth-order valence-corrected chi connectivity index (χ4v) is 3.47. The number of carbonyl (C=O) groups is 2. The Morgan fingerprint density at radius 2 is 1.58 bits per heavy atom. The third-order valence-corrected chi connectivity index (χ3v) is 4.29. The molecule has 2 aliphatic rings. The average Bonchev–Trinajstić information content (AvgIpc) is 2.37. The third-order valence-electron chi connectivity index (χ3n) is 4.29. The van der Waals surface area contributed by atoms with Gasteiger partial charge in [0.15, 0.2) is 0 Å². The molecule has 1 saturated heterocycles. The van der Waals surface area contributed by atoms with Crippen molar-refractivity contribution in [3.8, 4) is 0 Å². The maximum absolute atomic E-state index is 12.2. The number of piperidine rings is 1. The van der Waals surface area contributed by atoms with Crippen molar-refractivity contribution < 1.29 is 9.59 Å². The SMILES string of the molecule is CC1CC(C)CN(C(=O)C(=O)NC2CCCCC2)C1. The molecule has 2 atom stereocenters. The molecule has 1 saturated carbocycles. The Labute approximate surface area is 115 Å². The van der Waals surface area contributed by atoms with Crippen molar-refractivity contribution in [1.82, 2.24) is 10.2 Å². The van der Waals surface area contributed by atoms with Gasteiger partial charge < -0.3 is 10.2 Å². The fourth-order valence-electron chi connectivity index (χ4n) is 3.47. The largest absolute Gasteiger partial charge is 0.345 e. The van der Waals surface area contributed by atoms with Crippen LogP contribution in [0.15, 0.2) is 0 Å². The number of amides is 2. The molecule has 1 N–H and O–H groups in total. The van der Waals surface area contributed by atoms with E-state index >= 15 is 0 Å². The second-order valence-electron chi connectivity index (χ2n) is 6.46. The lowest BCUT2D eigenvalue weighted by Gasteiger charge is -2.35. The first-order valence-electron chi connectivity index (χ1n) is 7.66. The molecule has 0 spiro atoms. The van der Waals surface area contributed by atoms with E-state index in [0.29, 0.717) is 11.8 Å². The topological polar surface area (TPSA) is 49.4 Å². The van der Waals surface area contributed by atoms with Gasteiger partial charge in [-0.05, 0) is 31.1 Å². The van der Waals surface area contributed by atoms with Gasteiger partial charge >= 0.3 is 11.8 Å². The summed E-state index contributed by atoms with van der Waals surface area (Å²) in [7, 11) is 0. The van der Waals surface area contributed by atoms with Gasteiger partial charge in [0.2, 0.25) is 0 Å². The van der Waals surface area contributed by atoms with Crippen LogP contribution in [0.2, 0.25) is 0 Å². The molecule has 4 nitrogen and oxygen atoms in total. The monoisotopic (exact) mass is 266 g/mol. The number of hydrogen-bond acceptors (Lipinski definition) is 2. The van der Waals surface area contributed by atoms with E-state index < -0.39 is 5.91 Å². The van der Waals surface area contributed by atoms with Crippen molar-refractivity contribution in [3.05, 3.63) is 0 Å². The molecule has 1 aliphatic heterocycles. The van der Waals surface area contributed by atoms with Crippen LogP contribution >= 0.6 is 0 Å². The van der Waals surface area contributed by atoms with E-state index in [4.69, 9.17) is 0 Å². The molecule has 0 bridgehead atoms. The van der Waals surface area contributed by atoms with E-state index in [9.17, 15) is 9.59 Å². The summed E-state index contributed by atoms with van der Waals surface area (Å²) >= 11 is 0. The van der Waals surface area contributed by atoms with Crippen LogP contribution in [0.4, 0.5) is 0 Å². The lowest BCUT2D eigenvalue weighted by atomic mass is 9.92. The van der Waals surface area contributed by atoms with E-state index in [1.54, 1.807) is 4.90 Å². The smallest absolute Gasteiger partial charge is 0.311 e. The third kappa shape index (κ3) is 3.95. The first kappa shape index (κ1) is 14.4. The van der Waals surface area contributed by atoms with E-state index in [0.717, 1.165) is 45.2 Å². The Morgan fingerprint density at radius 3 is 2.16 bits per heavy atom. The highest BCUT2D eigenvalue weighted by Crippen LogP contribution is 2.21. The standard InChI is InChI=1S/C15H26N2O2/c1-11-8-12(2)10-17(9-11)15(19)14(18)16-13-6-4-3-5-7-13/h11-13H,3-10H2,1-2H3,(H,16,18). The Bertz CT molecular complexity index is 327. The highest BCUT2D eigenvalue weighted by molar-refractivity contribution is 6.35. The minimum absolute atomic E-state index is 0.213. The molecule has 0 aromatic heterocycles. The molecule has 2 fully saturated rings. The van der Waals surface area contributed by atoms with Crippen LogP contribution in [0, 0.1) is 11.8 Å². The van der Waals surface area contributed by atoms with E-state index in [1.165, 1.54) is 6.42 Å². The van der Waals surface area contributed by atoms with E-state index in [-0.39, 0.29) is 11.9 Å². The summed E-state index contributed by atoms with van der Waals surface area (Å²) in [4.78, 5) is 25.9. The van der Waals surface area contributed by atoms with Gasteiger partial charge in [-0.2, -0.15) is 0 Å². The Kier molecular flexibility index (Phi) is 4.83. The number of hydrogen-bond donors (Lipinski definition) is 1. The summed E-state index contributed by atoms with van der Waals surface area (Å²) in [6, 6.07) is 0.213. The molecule has 1 aliphatic carbocycles. The van der Waals surface area contributed by atoms with Gasteiger partial charge in [-0.3, -0.25) is 9.59 Å². The zero-order valence-electron chi connectivity index (χ0n) is 12.2. The van der Waals surface area contributed by atoms with Crippen molar-refractivity contribution in [2.45, 2.75) is 58.4 Å². The van der Waals surface area contributed by atoms with Crippen LogP contribution in [0.25, 0.3) is 0 Å². The van der Waals surface area contributed by atoms with E-state index in [2.05, 4.69) is 19.2 Å². The zero-order valence-corrected chi connectivity index (χ0v) is 12.2. The van der Waals surface area contributed by atoms with Gasteiger partial charge in [0.25, 0.3) is 0 Å². The van der Waals surface area contributed by atoms with Crippen molar-refractivity contribution >= 4 is 11.8 Å². The lowest BCUT2D eigenvalue weighted by Crippen LogP contribution is -2.51. The summed E-state index contributed by atoms with van der Waals surface area (Å²) in [5.41, 5.74) is 0. The quantitative estimate of drug-likeness (QED) is 0.737. The minimum Gasteiger partial charge on any atom is -0.345 e. The predicted octanol–water partition coefficient (Wildman–Crippen LogP) is 1.94. The molecule has 0 aromatic rings. The molecule has 2 amide bonds. The Balaban J connectivity index is 1.85. The van der Waals surface area contributed by atoms with Crippen LogP contribution in [0.3, 0.4) is 0 Å². The number of nitrogens with zero attached hydrogens (tertiary/aromatic N) is 1. The fraction of sp³-hybridized carbons (Fsp3) is 0.867. The van der Waals surface area contributed by atoms with Gasteiger partial charge in [0, 0.05) is 19.1 Å². The summed E-state index contributed by atoms with van der Waals surface area (Å²) in [5.74, 6) is 0.266. The lowest BCUT2D eigenvalue weighted by molar-refractivity contribution is -0.148. The van der Waals surface area contributed by atoms with Crippen molar-refractivity contribution in [1.29, 1.82) is 0 Å². The first-order valence-corrected chi connectivity index (χ1v) is 7.66. The van der Waals surface area contributed by atoms with Gasteiger partial charge in [-0.1, -0.05) is 33.1 Å². The Hall–Kier alpha value is -1.06. The maximum atomic E-state index is 12.2. The molecule has 0 radical (unpaired) electrons. The molecular formula is C15H26N2O2. The minimum atomic E-state index is -0.395. The predicted molar refractivity (Wildman–Crippen MR) is 74.5 cm³/mol. The van der Waals surface area contributed by atoms with Gasteiger partial charge in [-0.15, -0.1) is 0 Å². The van der Waals surface area contributed by atoms with Gasteiger partial charge in [0.1, 0.15) is 0 Å². The summed E-state index contributed by atoms with van der Waals surface area (Å²) in [6.07, 6.45) is 6.76. The van der Waals surface area contributed by atoms with Crippen LogP contribution in [-0.2, 0) is 9.59 Å². The molecular weight excluding hydrogens is 240 g/mol. The van der Waals surface area contributed by atoms with Crippen LogP contribution < -0.4 is 5.32 Å². The highest BCUT2D eigenvalue weighted by atomic mass is 16.2. The normalized spacial score (nSPS) is 29.1. The molecule has 19 heavy (non-hydrogen) atoms. The van der Waals surface area contributed by atoms with Crippen LogP contribution in [0.1, 0.15) is 52.4 Å². The number of likely N-dealkylation sites (tertiary alicyclic amines) is 1.